The van der Waals surface area contributed by atoms with Gasteiger partial charge in [-0.2, -0.15) is 0 Å². The molecule has 3 nitrogen and oxygen atoms in total. The lowest BCUT2D eigenvalue weighted by Crippen LogP contribution is -2.19. The van der Waals surface area contributed by atoms with E-state index in [9.17, 15) is 9.50 Å². The summed E-state index contributed by atoms with van der Waals surface area (Å²) in [6.07, 6.45) is 3.55. The van der Waals surface area contributed by atoms with Gasteiger partial charge in [-0.15, -0.1) is 0 Å². The summed E-state index contributed by atoms with van der Waals surface area (Å²) in [4.78, 5) is 4.04. The summed E-state index contributed by atoms with van der Waals surface area (Å²) in [6.45, 7) is 4.53. The zero-order chi connectivity index (χ0) is 13.8. The fraction of sp³-hybridized carbons (Fsp3) is 0.267. The number of aromatic nitrogens is 1. The summed E-state index contributed by atoms with van der Waals surface area (Å²) < 4.78 is 13.2. The van der Waals surface area contributed by atoms with Crippen LogP contribution in [0.15, 0.2) is 36.7 Å². The Hall–Kier alpha value is -1.94. The van der Waals surface area contributed by atoms with Crippen molar-refractivity contribution in [1.29, 1.82) is 0 Å². The number of rotatable bonds is 4. The summed E-state index contributed by atoms with van der Waals surface area (Å²) in [7, 11) is 0. The van der Waals surface area contributed by atoms with Crippen molar-refractivity contribution in [2.45, 2.75) is 26.4 Å². The van der Waals surface area contributed by atoms with Crippen molar-refractivity contribution in [2.24, 2.45) is 0 Å². The molecule has 0 amide bonds. The number of pyridine rings is 1. The molecule has 1 unspecified atom stereocenters. The van der Waals surface area contributed by atoms with E-state index in [2.05, 4.69) is 10.3 Å². The maximum atomic E-state index is 13.2. The first-order valence-corrected chi connectivity index (χ1v) is 6.19. The number of nitrogens with one attached hydrogen (secondary N) is 1. The zero-order valence-corrected chi connectivity index (χ0v) is 11.0. The van der Waals surface area contributed by atoms with Crippen LogP contribution < -0.4 is 5.32 Å². The maximum Gasteiger partial charge on any atom is 0.123 e. The Kier molecular flexibility index (Phi) is 4.12. The van der Waals surface area contributed by atoms with Crippen molar-refractivity contribution >= 4 is 0 Å². The van der Waals surface area contributed by atoms with Gasteiger partial charge in [0.15, 0.2) is 0 Å². The van der Waals surface area contributed by atoms with Crippen LogP contribution in [0.3, 0.4) is 0 Å². The van der Waals surface area contributed by atoms with E-state index in [-0.39, 0.29) is 17.6 Å². The summed E-state index contributed by atoms with van der Waals surface area (Å²) in [5, 5.41) is 13.0. The van der Waals surface area contributed by atoms with Gasteiger partial charge in [0.25, 0.3) is 0 Å². The molecule has 19 heavy (non-hydrogen) atoms. The van der Waals surface area contributed by atoms with Crippen molar-refractivity contribution in [3.8, 4) is 5.75 Å². The van der Waals surface area contributed by atoms with Crippen LogP contribution in [0.1, 0.15) is 29.7 Å². The predicted octanol–water partition coefficient (Wildman–Crippen LogP) is 3.09. The van der Waals surface area contributed by atoms with E-state index < -0.39 is 0 Å². The molecular formula is C15H17FN2O. The van der Waals surface area contributed by atoms with Crippen LogP contribution in [0.25, 0.3) is 0 Å². The minimum absolute atomic E-state index is 0.104. The topological polar surface area (TPSA) is 45.2 Å². The van der Waals surface area contributed by atoms with E-state index in [1.165, 1.54) is 18.2 Å². The van der Waals surface area contributed by atoms with E-state index in [0.717, 1.165) is 11.1 Å². The van der Waals surface area contributed by atoms with Crippen LogP contribution in [-0.2, 0) is 6.54 Å². The van der Waals surface area contributed by atoms with Crippen molar-refractivity contribution in [3.05, 3.63) is 59.2 Å². The lowest BCUT2D eigenvalue weighted by molar-refractivity contribution is 0.449. The quantitative estimate of drug-likeness (QED) is 0.888. The first kappa shape index (κ1) is 13.5. The third-order valence-corrected chi connectivity index (χ3v) is 3.19. The average molecular weight is 260 g/mol. The smallest absolute Gasteiger partial charge is 0.123 e. The second kappa shape index (κ2) is 5.80. The van der Waals surface area contributed by atoms with Crippen LogP contribution in [-0.4, -0.2) is 10.1 Å². The van der Waals surface area contributed by atoms with Crippen molar-refractivity contribution in [1.82, 2.24) is 10.3 Å². The number of halogens is 1. The molecule has 0 radical (unpaired) electrons. The molecule has 1 aromatic carbocycles. The van der Waals surface area contributed by atoms with E-state index in [0.29, 0.717) is 12.1 Å². The Balaban J connectivity index is 2.07. The number of aryl methyl sites for hydroxylation is 1. The molecule has 1 atom stereocenters. The lowest BCUT2D eigenvalue weighted by Gasteiger charge is -2.16. The van der Waals surface area contributed by atoms with Gasteiger partial charge >= 0.3 is 0 Å². The summed E-state index contributed by atoms with van der Waals surface area (Å²) in [6, 6.07) is 5.79. The number of hydrogen-bond acceptors (Lipinski definition) is 3. The van der Waals surface area contributed by atoms with Crippen LogP contribution in [0.2, 0.25) is 0 Å². The van der Waals surface area contributed by atoms with E-state index in [1.807, 2.05) is 19.9 Å². The Morgan fingerprint density at radius 2 is 2.16 bits per heavy atom. The molecule has 2 N–H and O–H groups in total. The average Bonchev–Trinajstić information content (AvgIpc) is 2.40. The largest absolute Gasteiger partial charge is 0.508 e. The van der Waals surface area contributed by atoms with Gasteiger partial charge in [0, 0.05) is 30.5 Å². The molecule has 0 spiro atoms. The van der Waals surface area contributed by atoms with Crippen molar-refractivity contribution < 1.29 is 9.50 Å². The zero-order valence-electron chi connectivity index (χ0n) is 11.0. The summed E-state index contributed by atoms with van der Waals surface area (Å²) in [5.41, 5.74) is 2.80. The summed E-state index contributed by atoms with van der Waals surface area (Å²) >= 11 is 0. The Bertz CT molecular complexity index is 572. The van der Waals surface area contributed by atoms with Gasteiger partial charge in [-0.1, -0.05) is 0 Å². The molecule has 0 saturated carbocycles. The number of phenols is 1. The SMILES string of the molecule is Cc1cnccc1CNC(C)c1cc(F)ccc1O. The highest BCUT2D eigenvalue weighted by molar-refractivity contribution is 5.35. The lowest BCUT2D eigenvalue weighted by atomic mass is 10.1. The Morgan fingerprint density at radius 1 is 1.37 bits per heavy atom. The third kappa shape index (κ3) is 3.29. The van der Waals surface area contributed by atoms with Crippen LogP contribution in [0.5, 0.6) is 5.75 Å². The number of phenolic OH excluding ortho intramolecular Hbond substituents is 1. The molecule has 0 aliphatic rings. The van der Waals surface area contributed by atoms with Gasteiger partial charge in [0.05, 0.1) is 0 Å². The van der Waals surface area contributed by atoms with Crippen LogP contribution in [0.4, 0.5) is 4.39 Å². The van der Waals surface area contributed by atoms with Crippen molar-refractivity contribution in [2.75, 3.05) is 0 Å². The fourth-order valence-electron chi connectivity index (χ4n) is 1.95. The highest BCUT2D eigenvalue weighted by Crippen LogP contribution is 2.25. The standard InChI is InChI=1S/C15H17FN2O/c1-10-8-17-6-5-12(10)9-18-11(2)14-7-13(16)3-4-15(14)19/h3-8,11,18-19H,9H2,1-2H3. The molecule has 0 bridgehead atoms. The van der Waals surface area contributed by atoms with E-state index in [4.69, 9.17) is 0 Å². The number of aromatic hydroxyl groups is 1. The summed E-state index contributed by atoms with van der Waals surface area (Å²) in [5.74, 6) is -0.241. The fourth-order valence-corrected chi connectivity index (χ4v) is 1.95. The first-order valence-electron chi connectivity index (χ1n) is 6.19. The highest BCUT2D eigenvalue weighted by atomic mass is 19.1. The van der Waals surface area contributed by atoms with Gasteiger partial charge in [-0.05, 0) is 49.2 Å². The maximum absolute atomic E-state index is 13.2. The predicted molar refractivity (Wildman–Crippen MR) is 72.3 cm³/mol. The third-order valence-electron chi connectivity index (χ3n) is 3.19. The number of hydrogen-bond donors (Lipinski definition) is 2. The molecule has 1 heterocycles. The second-order valence-electron chi connectivity index (χ2n) is 4.61. The van der Waals surface area contributed by atoms with Gasteiger partial charge < -0.3 is 10.4 Å². The van der Waals surface area contributed by atoms with Crippen molar-refractivity contribution in [3.63, 3.8) is 0 Å². The molecule has 100 valence electrons. The first-order chi connectivity index (χ1) is 9.08. The molecular weight excluding hydrogens is 243 g/mol. The second-order valence-corrected chi connectivity index (χ2v) is 4.61. The molecule has 2 rings (SSSR count). The van der Waals surface area contributed by atoms with Gasteiger partial charge in [-0.25, -0.2) is 4.39 Å². The molecule has 4 heteroatoms. The van der Waals surface area contributed by atoms with Crippen LogP contribution >= 0.6 is 0 Å². The normalized spacial score (nSPS) is 12.4. The molecule has 1 aromatic heterocycles. The van der Waals surface area contributed by atoms with Gasteiger partial charge in [0.1, 0.15) is 11.6 Å². The van der Waals surface area contributed by atoms with E-state index >= 15 is 0 Å². The Labute approximate surface area is 112 Å². The van der Waals surface area contributed by atoms with Gasteiger partial charge in [-0.3, -0.25) is 4.98 Å². The van der Waals surface area contributed by atoms with E-state index in [1.54, 1.807) is 12.4 Å². The molecule has 0 saturated heterocycles. The minimum atomic E-state index is -0.346. The number of benzene rings is 1. The molecule has 2 aromatic rings. The van der Waals surface area contributed by atoms with Crippen LogP contribution in [0, 0.1) is 12.7 Å². The monoisotopic (exact) mass is 260 g/mol. The molecule has 0 aliphatic carbocycles. The molecule has 0 aliphatic heterocycles. The molecule has 0 fully saturated rings. The highest BCUT2D eigenvalue weighted by Gasteiger charge is 2.11. The number of nitrogens with zero attached hydrogens (tertiary/aromatic N) is 1. The Morgan fingerprint density at radius 3 is 2.89 bits per heavy atom. The minimum Gasteiger partial charge on any atom is -0.508 e. The van der Waals surface area contributed by atoms with Gasteiger partial charge in [0.2, 0.25) is 0 Å².